The molecule has 0 bridgehead atoms. The van der Waals surface area contributed by atoms with Crippen molar-refractivity contribution in [1.82, 2.24) is 15.8 Å². The molecule has 0 saturated heterocycles. The SMILES string of the molecule is O=C(C=Cc1ccc(Cl)cc1)NNC(=O)c1cc(Oc2ccc(NC(=O)Nc3ccc(F)cc3F)c(F)c2)ccn1. The fraction of sp³-hybridized carbons (Fsp3) is 0. The molecule has 0 radical (unpaired) electrons. The molecule has 9 nitrogen and oxygen atoms in total. The summed E-state index contributed by atoms with van der Waals surface area (Å²) < 4.78 is 46.9. The van der Waals surface area contributed by atoms with Gasteiger partial charge in [-0.25, -0.2) is 18.0 Å². The summed E-state index contributed by atoms with van der Waals surface area (Å²) in [4.78, 5) is 40.4. The van der Waals surface area contributed by atoms with Crippen LogP contribution in [0.1, 0.15) is 16.1 Å². The van der Waals surface area contributed by atoms with E-state index in [9.17, 15) is 27.6 Å². The van der Waals surface area contributed by atoms with E-state index >= 15 is 0 Å². The Bertz CT molecular complexity index is 1630. The fourth-order valence-corrected chi connectivity index (χ4v) is 3.36. The van der Waals surface area contributed by atoms with Crippen LogP contribution in [0.4, 0.5) is 29.3 Å². The second kappa shape index (κ2) is 13.1. The first-order chi connectivity index (χ1) is 19.7. The first kappa shape index (κ1) is 28.6. The summed E-state index contributed by atoms with van der Waals surface area (Å²) >= 11 is 5.82. The molecule has 4 N–H and O–H groups in total. The fourth-order valence-electron chi connectivity index (χ4n) is 3.23. The smallest absolute Gasteiger partial charge is 0.323 e. The number of ether oxygens (including phenoxy) is 1. The quantitative estimate of drug-likeness (QED) is 0.156. The highest BCUT2D eigenvalue weighted by atomic mass is 35.5. The van der Waals surface area contributed by atoms with Gasteiger partial charge in [0.15, 0.2) is 0 Å². The molecule has 0 aliphatic carbocycles. The number of urea groups is 1. The Labute approximate surface area is 236 Å². The molecule has 4 amide bonds. The molecule has 0 aliphatic rings. The average molecular weight is 582 g/mol. The molecule has 4 aromatic rings. The van der Waals surface area contributed by atoms with Gasteiger partial charge in [-0.3, -0.25) is 25.4 Å². The Hall–Kier alpha value is -5.36. The summed E-state index contributed by atoms with van der Waals surface area (Å²) in [5.41, 5.74) is 4.53. The second-order valence-electron chi connectivity index (χ2n) is 8.15. The molecule has 1 aromatic heterocycles. The number of hydrogen-bond acceptors (Lipinski definition) is 5. The Kier molecular flexibility index (Phi) is 9.17. The van der Waals surface area contributed by atoms with Crippen LogP contribution in [0.15, 0.2) is 85.1 Å². The molecule has 1 heterocycles. The summed E-state index contributed by atoms with van der Waals surface area (Å²) in [6, 6.07) is 14.6. The Balaban J connectivity index is 1.31. The van der Waals surface area contributed by atoms with Gasteiger partial charge in [0.2, 0.25) is 0 Å². The largest absolute Gasteiger partial charge is 0.457 e. The van der Waals surface area contributed by atoms with Crippen LogP contribution in [0.2, 0.25) is 5.02 Å². The molecule has 13 heteroatoms. The molecule has 0 spiro atoms. The van der Waals surface area contributed by atoms with Crippen molar-refractivity contribution < 1.29 is 32.3 Å². The van der Waals surface area contributed by atoms with Crippen LogP contribution >= 0.6 is 11.6 Å². The van der Waals surface area contributed by atoms with E-state index in [1.165, 1.54) is 42.6 Å². The first-order valence-electron chi connectivity index (χ1n) is 11.7. The van der Waals surface area contributed by atoms with Crippen molar-refractivity contribution in [3.05, 3.63) is 119 Å². The summed E-state index contributed by atoms with van der Waals surface area (Å²) in [6.07, 6.45) is 4.02. The van der Waals surface area contributed by atoms with Gasteiger partial charge in [0.25, 0.3) is 11.8 Å². The maximum atomic E-state index is 14.6. The highest BCUT2D eigenvalue weighted by Crippen LogP contribution is 2.26. The van der Waals surface area contributed by atoms with E-state index < -0.39 is 35.3 Å². The van der Waals surface area contributed by atoms with Gasteiger partial charge >= 0.3 is 6.03 Å². The van der Waals surface area contributed by atoms with Crippen molar-refractivity contribution in [3.63, 3.8) is 0 Å². The monoisotopic (exact) mass is 581 g/mol. The Morgan fingerprint density at radius 3 is 2.12 bits per heavy atom. The third-order valence-electron chi connectivity index (χ3n) is 5.16. The highest BCUT2D eigenvalue weighted by Gasteiger charge is 2.13. The molecule has 4 rings (SSSR count). The van der Waals surface area contributed by atoms with E-state index in [0.717, 1.165) is 23.8 Å². The predicted molar refractivity (Wildman–Crippen MR) is 146 cm³/mol. The van der Waals surface area contributed by atoms with Crippen molar-refractivity contribution in [2.24, 2.45) is 0 Å². The number of anilines is 2. The Morgan fingerprint density at radius 2 is 1.44 bits per heavy atom. The van der Waals surface area contributed by atoms with Crippen LogP contribution in [-0.2, 0) is 4.79 Å². The summed E-state index contributed by atoms with van der Waals surface area (Å²) in [5, 5.41) is 4.91. The van der Waals surface area contributed by atoms with Crippen molar-refractivity contribution in [2.75, 3.05) is 10.6 Å². The maximum absolute atomic E-state index is 14.6. The molecule has 0 atom stereocenters. The molecule has 208 valence electrons. The molecule has 3 aromatic carbocycles. The van der Waals surface area contributed by atoms with E-state index in [1.54, 1.807) is 24.3 Å². The lowest BCUT2D eigenvalue weighted by Gasteiger charge is -2.11. The number of halogens is 4. The van der Waals surface area contributed by atoms with Gasteiger partial charge in [-0.15, -0.1) is 0 Å². The zero-order valence-corrected chi connectivity index (χ0v) is 21.5. The summed E-state index contributed by atoms with van der Waals surface area (Å²) in [5.74, 6) is -3.87. The van der Waals surface area contributed by atoms with E-state index in [-0.39, 0.29) is 28.6 Å². The maximum Gasteiger partial charge on any atom is 0.323 e. The van der Waals surface area contributed by atoms with Gasteiger partial charge in [0.1, 0.15) is 34.6 Å². The topological polar surface area (TPSA) is 121 Å². The number of carbonyl (C=O) groups is 3. The minimum Gasteiger partial charge on any atom is -0.457 e. The first-order valence-corrected chi connectivity index (χ1v) is 12.0. The summed E-state index contributed by atoms with van der Waals surface area (Å²) in [7, 11) is 0. The third-order valence-corrected chi connectivity index (χ3v) is 5.42. The van der Waals surface area contributed by atoms with Gasteiger partial charge in [0, 0.05) is 35.5 Å². The summed E-state index contributed by atoms with van der Waals surface area (Å²) in [6.45, 7) is 0. The van der Waals surface area contributed by atoms with Gasteiger partial charge in [-0.2, -0.15) is 0 Å². The number of nitrogens with one attached hydrogen (secondary N) is 4. The predicted octanol–water partition coefficient (Wildman–Crippen LogP) is 6.06. The van der Waals surface area contributed by atoms with Crippen molar-refractivity contribution in [2.45, 2.75) is 0 Å². The number of hydrogen-bond donors (Lipinski definition) is 4. The van der Waals surface area contributed by atoms with E-state index in [0.29, 0.717) is 11.1 Å². The van der Waals surface area contributed by atoms with Crippen LogP contribution in [0.3, 0.4) is 0 Å². The lowest BCUT2D eigenvalue weighted by atomic mass is 10.2. The lowest BCUT2D eigenvalue weighted by Crippen LogP contribution is -2.41. The molecular weight excluding hydrogens is 563 g/mol. The standard InChI is InChI=1S/C28H19ClF3N5O4/c29-17-4-1-16(2-5-17)3-10-26(38)36-37-27(39)25-15-20(11-12-33-25)41-19-7-9-24(22(32)14-19)35-28(40)34-23-8-6-18(30)13-21(23)31/h1-15H,(H,36,38)(H,37,39)(H2,34,35,40). The van der Waals surface area contributed by atoms with Crippen molar-refractivity contribution in [3.8, 4) is 11.5 Å². The molecule has 0 fully saturated rings. The van der Waals surface area contributed by atoms with Gasteiger partial charge in [0.05, 0.1) is 11.4 Å². The third kappa shape index (κ3) is 8.31. The van der Waals surface area contributed by atoms with Crippen LogP contribution in [0.5, 0.6) is 11.5 Å². The number of rotatable bonds is 7. The second-order valence-corrected chi connectivity index (χ2v) is 8.59. The van der Waals surface area contributed by atoms with E-state index in [2.05, 4.69) is 26.5 Å². The zero-order chi connectivity index (χ0) is 29.4. The lowest BCUT2D eigenvalue weighted by molar-refractivity contribution is -0.117. The zero-order valence-electron chi connectivity index (χ0n) is 20.8. The molecular formula is C28H19ClF3N5O4. The van der Waals surface area contributed by atoms with Crippen molar-refractivity contribution in [1.29, 1.82) is 0 Å². The minimum atomic E-state index is -0.997. The van der Waals surface area contributed by atoms with Crippen LogP contribution < -0.4 is 26.2 Å². The van der Waals surface area contributed by atoms with Crippen LogP contribution in [0.25, 0.3) is 6.08 Å². The van der Waals surface area contributed by atoms with Gasteiger partial charge in [-0.1, -0.05) is 23.7 Å². The normalized spacial score (nSPS) is 10.6. The van der Waals surface area contributed by atoms with Crippen LogP contribution in [0, 0.1) is 17.5 Å². The molecule has 41 heavy (non-hydrogen) atoms. The van der Waals surface area contributed by atoms with Gasteiger partial charge in [-0.05, 0) is 54.1 Å². The molecule has 0 saturated carbocycles. The molecule has 0 aliphatic heterocycles. The number of pyridine rings is 1. The Morgan fingerprint density at radius 1 is 0.780 bits per heavy atom. The minimum absolute atomic E-state index is 0.0243. The number of nitrogens with zero attached hydrogens (tertiary/aromatic N) is 1. The molecule has 0 unspecified atom stereocenters. The average Bonchev–Trinajstić information content (AvgIpc) is 2.94. The van der Waals surface area contributed by atoms with Crippen LogP contribution in [-0.4, -0.2) is 22.8 Å². The number of benzene rings is 3. The van der Waals surface area contributed by atoms with E-state index in [1.807, 2.05) is 0 Å². The number of aromatic nitrogens is 1. The van der Waals surface area contributed by atoms with Gasteiger partial charge < -0.3 is 15.4 Å². The van der Waals surface area contributed by atoms with Crippen molar-refractivity contribution >= 4 is 46.9 Å². The number of carbonyl (C=O) groups excluding carboxylic acids is 3. The van der Waals surface area contributed by atoms with E-state index in [4.69, 9.17) is 16.3 Å². The number of amides is 4. The number of hydrazine groups is 1. The highest BCUT2D eigenvalue weighted by molar-refractivity contribution is 6.30.